The van der Waals surface area contributed by atoms with Crippen molar-refractivity contribution in [2.24, 2.45) is 11.1 Å². The minimum Gasteiger partial charge on any atom is -0.469 e. The zero-order valence-electron chi connectivity index (χ0n) is 12.4. The van der Waals surface area contributed by atoms with Crippen LogP contribution in [0.25, 0.3) is 0 Å². The summed E-state index contributed by atoms with van der Waals surface area (Å²) in [5, 5.41) is 0.307. The average molecular weight is 392 g/mol. The second kappa shape index (κ2) is 7.49. The lowest BCUT2D eigenvalue weighted by atomic mass is 10.1. The van der Waals surface area contributed by atoms with Gasteiger partial charge in [0.15, 0.2) is 0 Å². The van der Waals surface area contributed by atoms with Crippen molar-refractivity contribution in [2.75, 3.05) is 12.9 Å². The lowest BCUT2D eigenvalue weighted by Crippen LogP contribution is -2.26. The Morgan fingerprint density at radius 1 is 1.57 bits per heavy atom. The van der Waals surface area contributed by atoms with Gasteiger partial charge >= 0.3 is 5.97 Å². The van der Waals surface area contributed by atoms with Crippen molar-refractivity contribution in [3.8, 4) is 0 Å². The maximum absolute atomic E-state index is 11.5. The van der Waals surface area contributed by atoms with Gasteiger partial charge in [0.1, 0.15) is 0 Å². The van der Waals surface area contributed by atoms with Crippen LogP contribution in [0.3, 0.4) is 0 Å². The molecule has 118 valence electrons. The number of halogens is 1. The van der Waals surface area contributed by atoms with Gasteiger partial charge in [-0.25, -0.2) is 0 Å². The molecule has 0 aliphatic heterocycles. The fourth-order valence-corrected chi connectivity index (χ4v) is 5.74. The highest BCUT2D eigenvalue weighted by atomic mass is 79.9. The van der Waals surface area contributed by atoms with Crippen LogP contribution in [0.5, 0.6) is 0 Å². The Morgan fingerprint density at radius 2 is 2.29 bits per heavy atom. The van der Waals surface area contributed by atoms with Crippen LogP contribution in [-0.4, -0.2) is 24.9 Å². The first kappa shape index (κ1) is 17.3. The lowest BCUT2D eigenvalue weighted by molar-refractivity contribution is -0.141. The van der Waals surface area contributed by atoms with Crippen LogP contribution in [0.4, 0.5) is 0 Å². The SMILES string of the molecule is CCC(N)C(SCC1(CC(=O)OC)CC1)c1ccc(Br)s1. The van der Waals surface area contributed by atoms with Gasteiger partial charge in [0, 0.05) is 16.7 Å². The molecule has 2 rings (SSSR count). The van der Waals surface area contributed by atoms with Gasteiger partial charge in [-0.05, 0) is 52.7 Å². The van der Waals surface area contributed by atoms with Crippen LogP contribution in [0.15, 0.2) is 15.9 Å². The molecule has 1 aliphatic rings. The Kier molecular flexibility index (Phi) is 6.17. The Balaban J connectivity index is 1.98. The molecule has 1 fully saturated rings. The van der Waals surface area contributed by atoms with Gasteiger partial charge < -0.3 is 10.5 Å². The van der Waals surface area contributed by atoms with Crippen LogP contribution in [0.1, 0.15) is 42.7 Å². The zero-order valence-corrected chi connectivity index (χ0v) is 15.7. The third-order valence-corrected chi connectivity index (χ3v) is 7.61. The first-order valence-electron chi connectivity index (χ1n) is 7.19. The number of methoxy groups -OCH3 is 1. The first-order chi connectivity index (χ1) is 9.99. The molecular weight excluding hydrogens is 370 g/mol. The number of hydrogen-bond donors (Lipinski definition) is 1. The van der Waals surface area contributed by atoms with Crippen molar-refractivity contribution >= 4 is 45.0 Å². The molecule has 21 heavy (non-hydrogen) atoms. The van der Waals surface area contributed by atoms with Gasteiger partial charge in [-0.2, -0.15) is 11.8 Å². The van der Waals surface area contributed by atoms with Gasteiger partial charge in [-0.15, -0.1) is 11.3 Å². The largest absolute Gasteiger partial charge is 0.469 e. The molecular formula is C15H22BrNO2S2. The van der Waals surface area contributed by atoms with Crippen LogP contribution in [-0.2, 0) is 9.53 Å². The number of thiophene rings is 1. The second-order valence-electron chi connectivity index (χ2n) is 5.70. The van der Waals surface area contributed by atoms with Gasteiger partial charge in [-0.1, -0.05) is 6.92 Å². The third kappa shape index (κ3) is 4.71. The second-order valence-corrected chi connectivity index (χ2v) is 9.32. The molecule has 0 saturated heterocycles. The summed E-state index contributed by atoms with van der Waals surface area (Å²) in [6.45, 7) is 2.13. The predicted molar refractivity (Wildman–Crippen MR) is 93.8 cm³/mol. The number of ether oxygens (including phenoxy) is 1. The predicted octanol–water partition coefficient (Wildman–Crippen LogP) is 4.37. The number of nitrogens with two attached hydrogens (primary N) is 1. The van der Waals surface area contributed by atoms with Crippen molar-refractivity contribution < 1.29 is 9.53 Å². The summed E-state index contributed by atoms with van der Waals surface area (Å²) in [5.74, 6) is 0.888. The van der Waals surface area contributed by atoms with E-state index in [0.717, 1.165) is 28.8 Å². The normalized spacial score (nSPS) is 19.0. The molecule has 0 aromatic carbocycles. The average Bonchev–Trinajstić information content (AvgIpc) is 3.10. The zero-order chi connectivity index (χ0) is 15.5. The number of thioether (sulfide) groups is 1. The van der Waals surface area contributed by atoms with Crippen molar-refractivity contribution in [2.45, 2.75) is 43.9 Å². The first-order valence-corrected chi connectivity index (χ1v) is 9.85. The summed E-state index contributed by atoms with van der Waals surface area (Å²) >= 11 is 7.18. The van der Waals surface area contributed by atoms with Gasteiger partial charge in [0.2, 0.25) is 0 Å². The Labute approximate surface area is 143 Å². The number of hydrogen-bond acceptors (Lipinski definition) is 5. The Bertz CT molecular complexity index is 488. The van der Waals surface area contributed by atoms with Crippen LogP contribution in [0, 0.1) is 5.41 Å². The number of carbonyl (C=O) groups excluding carboxylic acids is 1. The highest BCUT2D eigenvalue weighted by Gasteiger charge is 2.45. The van der Waals surface area contributed by atoms with E-state index >= 15 is 0 Å². The van der Waals surface area contributed by atoms with E-state index in [-0.39, 0.29) is 17.4 Å². The van der Waals surface area contributed by atoms with E-state index in [1.165, 1.54) is 12.0 Å². The van der Waals surface area contributed by atoms with Crippen molar-refractivity contribution in [1.29, 1.82) is 0 Å². The van der Waals surface area contributed by atoms with Gasteiger partial charge in [-0.3, -0.25) is 4.79 Å². The fourth-order valence-electron chi connectivity index (χ4n) is 2.31. The molecule has 6 heteroatoms. The topological polar surface area (TPSA) is 52.3 Å². The van der Waals surface area contributed by atoms with Gasteiger partial charge in [0.25, 0.3) is 0 Å². The fraction of sp³-hybridized carbons (Fsp3) is 0.667. The molecule has 2 N–H and O–H groups in total. The van der Waals surface area contributed by atoms with Crippen molar-refractivity contribution in [3.63, 3.8) is 0 Å². The monoisotopic (exact) mass is 391 g/mol. The molecule has 0 radical (unpaired) electrons. The van der Waals surface area contributed by atoms with Crippen LogP contribution < -0.4 is 5.73 Å². The molecule has 0 spiro atoms. The lowest BCUT2D eigenvalue weighted by Gasteiger charge is -2.24. The molecule has 3 nitrogen and oxygen atoms in total. The minimum absolute atomic E-state index is 0.0942. The Hall–Kier alpha value is -0.0400. The van der Waals surface area contributed by atoms with E-state index in [1.807, 2.05) is 11.8 Å². The molecule has 1 aromatic heterocycles. The molecule has 2 atom stereocenters. The number of rotatable bonds is 8. The molecule has 1 heterocycles. The van der Waals surface area contributed by atoms with Gasteiger partial charge in [0.05, 0.1) is 22.6 Å². The molecule has 1 aliphatic carbocycles. The maximum atomic E-state index is 11.5. The third-order valence-electron chi connectivity index (χ3n) is 4.01. The summed E-state index contributed by atoms with van der Waals surface area (Å²) in [6, 6.07) is 4.38. The quantitative estimate of drug-likeness (QED) is 0.668. The minimum atomic E-state index is -0.0942. The van der Waals surface area contributed by atoms with Crippen molar-refractivity contribution in [1.82, 2.24) is 0 Å². The van der Waals surface area contributed by atoms with E-state index in [0.29, 0.717) is 11.7 Å². The van der Waals surface area contributed by atoms with E-state index in [9.17, 15) is 4.79 Å². The van der Waals surface area contributed by atoms with E-state index in [2.05, 4.69) is 35.0 Å². The molecule has 1 saturated carbocycles. The summed E-state index contributed by atoms with van der Waals surface area (Å²) in [5.41, 5.74) is 6.47. The van der Waals surface area contributed by atoms with E-state index < -0.39 is 0 Å². The highest BCUT2D eigenvalue weighted by molar-refractivity contribution is 9.11. The highest BCUT2D eigenvalue weighted by Crippen LogP contribution is 2.53. The number of carbonyl (C=O) groups is 1. The molecule has 1 aromatic rings. The van der Waals surface area contributed by atoms with E-state index in [1.54, 1.807) is 11.3 Å². The summed E-state index contributed by atoms with van der Waals surface area (Å²) in [7, 11) is 1.46. The smallest absolute Gasteiger partial charge is 0.306 e. The summed E-state index contributed by atoms with van der Waals surface area (Å²) < 4.78 is 5.95. The summed E-state index contributed by atoms with van der Waals surface area (Å²) in [4.78, 5) is 12.8. The van der Waals surface area contributed by atoms with E-state index in [4.69, 9.17) is 10.5 Å². The molecule has 0 bridgehead atoms. The standard InChI is InChI=1S/C15H22BrNO2S2/c1-3-10(17)14(11-4-5-12(16)21-11)20-9-15(6-7-15)8-13(18)19-2/h4-5,10,14H,3,6-9,17H2,1-2H3. The molecule has 2 unspecified atom stereocenters. The van der Waals surface area contributed by atoms with Crippen LogP contribution in [0.2, 0.25) is 0 Å². The maximum Gasteiger partial charge on any atom is 0.306 e. The summed E-state index contributed by atoms with van der Waals surface area (Å²) in [6.07, 6.45) is 3.74. The Morgan fingerprint density at radius 3 is 2.76 bits per heavy atom. The molecule has 0 amide bonds. The number of esters is 1. The van der Waals surface area contributed by atoms with Crippen LogP contribution >= 0.6 is 39.0 Å². The van der Waals surface area contributed by atoms with Crippen molar-refractivity contribution in [3.05, 3.63) is 20.8 Å².